The monoisotopic (exact) mass is 267 g/mol. The number of unbranched alkanes of at least 4 members (excludes halogenated alkanes) is 1. The van der Waals surface area contributed by atoms with E-state index in [0.29, 0.717) is 12.1 Å². The van der Waals surface area contributed by atoms with Crippen molar-refractivity contribution in [2.75, 3.05) is 26.2 Å². The largest absolute Gasteiger partial charge is 0.395 e. The van der Waals surface area contributed by atoms with E-state index in [9.17, 15) is 9.18 Å². The van der Waals surface area contributed by atoms with Gasteiger partial charge in [-0.1, -0.05) is 31.5 Å². The average molecular weight is 267 g/mol. The first-order chi connectivity index (χ1) is 9.17. The molecule has 0 heterocycles. The van der Waals surface area contributed by atoms with Gasteiger partial charge in [-0.3, -0.25) is 9.69 Å². The van der Waals surface area contributed by atoms with E-state index in [4.69, 9.17) is 5.11 Å². The van der Waals surface area contributed by atoms with Crippen molar-refractivity contribution < 1.29 is 14.3 Å². The maximum absolute atomic E-state index is 13.4. The van der Waals surface area contributed by atoms with Gasteiger partial charge in [-0.15, -0.1) is 0 Å². The Balaban J connectivity index is 2.50. The third-order valence-corrected chi connectivity index (χ3v) is 2.99. The first-order valence-electron chi connectivity index (χ1n) is 6.75. The van der Waals surface area contributed by atoms with E-state index >= 15 is 0 Å². The Hall–Kier alpha value is -1.26. The summed E-state index contributed by atoms with van der Waals surface area (Å²) >= 11 is 0. The number of nitrogens with zero attached hydrogens (tertiary/aromatic N) is 1. The molecule has 0 saturated heterocycles. The topological polar surface area (TPSA) is 40.5 Å². The van der Waals surface area contributed by atoms with Gasteiger partial charge >= 0.3 is 0 Å². The van der Waals surface area contributed by atoms with Crippen molar-refractivity contribution in [3.8, 4) is 0 Å². The van der Waals surface area contributed by atoms with Crippen molar-refractivity contribution in [3.05, 3.63) is 35.6 Å². The molecule has 0 saturated carbocycles. The van der Waals surface area contributed by atoms with E-state index in [1.807, 2.05) is 4.90 Å². The Bertz CT molecular complexity index is 395. The number of halogens is 1. The van der Waals surface area contributed by atoms with Crippen molar-refractivity contribution in [2.24, 2.45) is 0 Å². The predicted octanol–water partition coefficient (Wildman–Crippen LogP) is 2.03. The zero-order chi connectivity index (χ0) is 14.1. The number of benzene rings is 1. The fourth-order valence-electron chi connectivity index (χ4n) is 1.95. The molecule has 0 aromatic heterocycles. The molecule has 1 aromatic carbocycles. The van der Waals surface area contributed by atoms with E-state index in [1.54, 1.807) is 18.2 Å². The summed E-state index contributed by atoms with van der Waals surface area (Å²) in [5.41, 5.74) is 0.437. The standard InChI is InChI=1S/C15H22FNO2/c1-2-3-8-17(9-10-18)12-14(19)11-13-6-4-5-7-15(13)16/h4-7,18H,2-3,8-12H2,1H3. The molecule has 0 aliphatic rings. The van der Waals surface area contributed by atoms with Crippen LogP contribution in [-0.2, 0) is 11.2 Å². The zero-order valence-corrected chi connectivity index (χ0v) is 11.4. The summed E-state index contributed by atoms with van der Waals surface area (Å²) in [6, 6.07) is 6.34. The highest BCUT2D eigenvalue weighted by atomic mass is 19.1. The molecule has 1 N–H and O–H groups in total. The molecule has 0 radical (unpaired) electrons. The summed E-state index contributed by atoms with van der Waals surface area (Å²) in [4.78, 5) is 13.8. The second kappa shape index (κ2) is 8.77. The summed E-state index contributed by atoms with van der Waals surface area (Å²) in [7, 11) is 0. The van der Waals surface area contributed by atoms with Gasteiger partial charge in [0, 0.05) is 13.0 Å². The molecule has 0 spiro atoms. The summed E-state index contributed by atoms with van der Waals surface area (Å²) in [5.74, 6) is -0.354. The molecule has 1 aromatic rings. The van der Waals surface area contributed by atoms with Crippen molar-refractivity contribution in [2.45, 2.75) is 26.2 Å². The maximum atomic E-state index is 13.4. The fourth-order valence-corrected chi connectivity index (χ4v) is 1.95. The average Bonchev–Trinajstić information content (AvgIpc) is 2.39. The predicted molar refractivity (Wildman–Crippen MR) is 73.5 cm³/mol. The van der Waals surface area contributed by atoms with Gasteiger partial charge in [0.2, 0.25) is 0 Å². The number of rotatable bonds is 9. The second-order valence-electron chi connectivity index (χ2n) is 4.66. The molecule has 19 heavy (non-hydrogen) atoms. The molecule has 1 rings (SSSR count). The van der Waals surface area contributed by atoms with Crippen LogP contribution in [0.2, 0.25) is 0 Å². The number of ketones is 1. The maximum Gasteiger partial charge on any atom is 0.151 e. The minimum Gasteiger partial charge on any atom is -0.395 e. The van der Waals surface area contributed by atoms with Crippen LogP contribution in [0, 0.1) is 5.82 Å². The molecule has 4 heteroatoms. The van der Waals surface area contributed by atoms with Crippen LogP contribution in [0.25, 0.3) is 0 Å². The quantitative estimate of drug-likeness (QED) is 0.744. The van der Waals surface area contributed by atoms with E-state index in [2.05, 4.69) is 6.92 Å². The van der Waals surface area contributed by atoms with Gasteiger partial charge in [0.25, 0.3) is 0 Å². The molecule has 0 amide bonds. The Labute approximate surface area is 114 Å². The van der Waals surface area contributed by atoms with Crippen molar-refractivity contribution in [1.82, 2.24) is 4.90 Å². The number of carbonyl (C=O) groups is 1. The molecular formula is C15H22FNO2. The highest BCUT2D eigenvalue weighted by Gasteiger charge is 2.12. The lowest BCUT2D eigenvalue weighted by Gasteiger charge is -2.20. The van der Waals surface area contributed by atoms with Crippen molar-refractivity contribution in [1.29, 1.82) is 0 Å². The molecule has 106 valence electrons. The van der Waals surface area contributed by atoms with Crippen LogP contribution in [0.4, 0.5) is 4.39 Å². The van der Waals surface area contributed by atoms with Gasteiger partial charge in [-0.05, 0) is 24.6 Å². The van der Waals surface area contributed by atoms with Crippen LogP contribution >= 0.6 is 0 Å². The van der Waals surface area contributed by atoms with Gasteiger partial charge < -0.3 is 5.11 Å². The number of carbonyl (C=O) groups excluding carboxylic acids is 1. The Morgan fingerprint density at radius 1 is 1.32 bits per heavy atom. The van der Waals surface area contributed by atoms with Gasteiger partial charge in [0.15, 0.2) is 5.78 Å². The van der Waals surface area contributed by atoms with Crippen LogP contribution in [0.15, 0.2) is 24.3 Å². The van der Waals surface area contributed by atoms with Crippen LogP contribution in [0.5, 0.6) is 0 Å². The van der Waals surface area contributed by atoms with E-state index in [-0.39, 0.29) is 31.2 Å². The lowest BCUT2D eigenvalue weighted by atomic mass is 10.1. The molecule has 3 nitrogen and oxygen atoms in total. The Kier molecular flexibility index (Phi) is 7.30. The molecule has 0 aliphatic carbocycles. The summed E-state index contributed by atoms with van der Waals surface area (Å²) in [6.45, 7) is 3.67. The van der Waals surface area contributed by atoms with E-state index in [1.165, 1.54) is 6.07 Å². The Morgan fingerprint density at radius 2 is 2.05 bits per heavy atom. The van der Waals surface area contributed by atoms with Crippen LogP contribution < -0.4 is 0 Å². The van der Waals surface area contributed by atoms with Crippen LogP contribution in [-0.4, -0.2) is 42.0 Å². The number of hydrogen-bond acceptors (Lipinski definition) is 3. The summed E-state index contributed by atoms with van der Waals surface area (Å²) in [5, 5.41) is 8.97. The minimum atomic E-state index is -0.335. The zero-order valence-electron chi connectivity index (χ0n) is 11.4. The van der Waals surface area contributed by atoms with Gasteiger partial charge in [0.1, 0.15) is 5.82 Å². The lowest BCUT2D eigenvalue weighted by Crippen LogP contribution is -2.34. The number of aliphatic hydroxyl groups is 1. The first-order valence-corrected chi connectivity index (χ1v) is 6.75. The van der Waals surface area contributed by atoms with Gasteiger partial charge in [-0.2, -0.15) is 0 Å². The minimum absolute atomic E-state index is 0.0188. The summed E-state index contributed by atoms with van der Waals surface area (Å²) < 4.78 is 13.4. The highest BCUT2D eigenvalue weighted by molar-refractivity contribution is 5.82. The number of Topliss-reactive ketones (excluding diaryl/α,β-unsaturated/α-hetero) is 1. The molecule has 0 aliphatic heterocycles. The van der Waals surface area contributed by atoms with Crippen LogP contribution in [0.1, 0.15) is 25.3 Å². The first kappa shape index (κ1) is 15.8. The SMILES string of the molecule is CCCCN(CCO)CC(=O)Cc1ccccc1F. The molecule has 0 unspecified atom stereocenters. The Morgan fingerprint density at radius 3 is 2.68 bits per heavy atom. The summed E-state index contributed by atoms with van der Waals surface area (Å²) in [6.07, 6.45) is 2.15. The molecule has 0 atom stereocenters. The molecule has 0 bridgehead atoms. The van der Waals surface area contributed by atoms with Crippen LogP contribution in [0.3, 0.4) is 0 Å². The second-order valence-corrected chi connectivity index (χ2v) is 4.66. The molecular weight excluding hydrogens is 245 g/mol. The highest BCUT2D eigenvalue weighted by Crippen LogP contribution is 2.08. The normalized spacial score (nSPS) is 10.9. The van der Waals surface area contributed by atoms with E-state index in [0.717, 1.165) is 19.4 Å². The molecule has 0 fully saturated rings. The van der Waals surface area contributed by atoms with Crippen molar-refractivity contribution in [3.63, 3.8) is 0 Å². The third kappa shape index (κ3) is 5.94. The van der Waals surface area contributed by atoms with Gasteiger partial charge in [0.05, 0.1) is 13.2 Å². The van der Waals surface area contributed by atoms with E-state index < -0.39 is 0 Å². The smallest absolute Gasteiger partial charge is 0.151 e. The number of hydrogen-bond donors (Lipinski definition) is 1. The van der Waals surface area contributed by atoms with Gasteiger partial charge in [-0.25, -0.2) is 4.39 Å². The lowest BCUT2D eigenvalue weighted by molar-refractivity contribution is -0.119. The fraction of sp³-hybridized carbons (Fsp3) is 0.533. The third-order valence-electron chi connectivity index (χ3n) is 2.99. The van der Waals surface area contributed by atoms with Crippen molar-refractivity contribution >= 4 is 5.78 Å². The number of aliphatic hydroxyl groups excluding tert-OH is 1.